The van der Waals surface area contributed by atoms with Gasteiger partial charge in [0.2, 0.25) is 5.91 Å². The molecular formula is C23H38N2O2. The van der Waals surface area contributed by atoms with Crippen LogP contribution in [0.1, 0.15) is 44.7 Å². The predicted molar refractivity (Wildman–Crippen MR) is 112 cm³/mol. The van der Waals surface area contributed by atoms with E-state index in [1.807, 2.05) is 4.90 Å². The molecule has 152 valence electrons. The van der Waals surface area contributed by atoms with E-state index in [4.69, 9.17) is 4.74 Å². The van der Waals surface area contributed by atoms with E-state index in [2.05, 4.69) is 63.8 Å². The van der Waals surface area contributed by atoms with E-state index in [-0.39, 0.29) is 12.5 Å². The molecule has 0 saturated carbocycles. The molecule has 0 spiro atoms. The summed E-state index contributed by atoms with van der Waals surface area (Å²) < 4.78 is 5.13. The van der Waals surface area contributed by atoms with Crippen molar-refractivity contribution in [3.05, 3.63) is 35.4 Å². The second-order valence-corrected chi connectivity index (χ2v) is 8.96. The van der Waals surface area contributed by atoms with E-state index in [9.17, 15) is 4.79 Å². The van der Waals surface area contributed by atoms with Crippen molar-refractivity contribution in [2.75, 3.05) is 46.4 Å². The molecule has 1 amide bonds. The van der Waals surface area contributed by atoms with Gasteiger partial charge in [-0.1, -0.05) is 52.0 Å². The number of amides is 1. The molecule has 4 heteroatoms. The number of aryl methyl sites for hydroxylation is 1. The van der Waals surface area contributed by atoms with E-state index in [0.717, 1.165) is 32.7 Å². The molecule has 1 aliphatic heterocycles. The van der Waals surface area contributed by atoms with Crippen LogP contribution in [0.3, 0.4) is 0 Å². The molecule has 2 rings (SSSR count). The lowest BCUT2D eigenvalue weighted by atomic mass is 9.86. The zero-order valence-electron chi connectivity index (χ0n) is 18.1. The van der Waals surface area contributed by atoms with Crippen molar-refractivity contribution in [2.24, 2.45) is 17.8 Å². The van der Waals surface area contributed by atoms with Crippen molar-refractivity contribution < 1.29 is 9.53 Å². The lowest BCUT2D eigenvalue weighted by molar-refractivity contribution is -0.136. The van der Waals surface area contributed by atoms with Crippen LogP contribution in [-0.2, 0) is 9.53 Å². The van der Waals surface area contributed by atoms with Crippen LogP contribution in [0.5, 0.6) is 0 Å². The standard InChI is InChI=1S/C23H38N2O2/c1-17(2)11-24-13-20(14-25(12-18(3)4)23(26)16-27-6)22(15-24)21-10-8-7-9-19(21)5/h7-10,17-18,20,22H,11-16H2,1-6H3. The SMILES string of the molecule is COCC(=O)N(CC(C)C)CC1CN(CC(C)C)CC1c1ccccc1C. The number of benzene rings is 1. The summed E-state index contributed by atoms with van der Waals surface area (Å²) in [6.07, 6.45) is 0. The Bertz CT molecular complexity index is 600. The summed E-state index contributed by atoms with van der Waals surface area (Å²) in [5.74, 6) is 2.16. The molecule has 0 radical (unpaired) electrons. The smallest absolute Gasteiger partial charge is 0.248 e. The second kappa shape index (κ2) is 10.2. The highest BCUT2D eigenvalue weighted by Gasteiger charge is 2.36. The van der Waals surface area contributed by atoms with Crippen LogP contribution in [0.15, 0.2) is 24.3 Å². The monoisotopic (exact) mass is 374 g/mol. The van der Waals surface area contributed by atoms with Gasteiger partial charge >= 0.3 is 0 Å². The fourth-order valence-corrected chi connectivity index (χ4v) is 4.38. The molecule has 1 fully saturated rings. The molecule has 4 nitrogen and oxygen atoms in total. The summed E-state index contributed by atoms with van der Waals surface area (Å²) in [4.78, 5) is 17.2. The van der Waals surface area contributed by atoms with Crippen LogP contribution in [0.4, 0.5) is 0 Å². The van der Waals surface area contributed by atoms with Crippen molar-refractivity contribution in [1.82, 2.24) is 9.80 Å². The summed E-state index contributed by atoms with van der Waals surface area (Å²) in [5.41, 5.74) is 2.80. The number of nitrogens with zero attached hydrogens (tertiary/aromatic N) is 2. The van der Waals surface area contributed by atoms with Gasteiger partial charge in [0.05, 0.1) is 0 Å². The van der Waals surface area contributed by atoms with E-state index >= 15 is 0 Å². The molecule has 27 heavy (non-hydrogen) atoms. The molecule has 1 saturated heterocycles. The van der Waals surface area contributed by atoms with Gasteiger partial charge in [0.25, 0.3) is 0 Å². The molecular weight excluding hydrogens is 336 g/mol. The molecule has 0 aromatic heterocycles. The Kier molecular flexibility index (Phi) is 8.30. The second-order valence-electron chi connectivity index (χ2n) is 8.96. The third kappa shape index (κ3) is 6.32. The Hall–Kier alpha value is -1.39. The van der Waals surface area contributed by atoms with Gasteiger partial charge in [0, 0.05) is 45.8 Å². The zero-order valence-corrected chi connectivity index (χ0v) is 18.1. The van der Waals surface area contributed by atoms with Crippen LogP contribution in [-0.4, -0.2) is 62.1 Å². The van der Waals surface area contributed by atoms with E-state index in [1.54, 1.807) is 7.11 Å². The minimum Gasteiger partial charge on any atom is -0.375 e. The first-order valence-corrected chi connectivity index (χ1v) is 10.4. The third-order valence-corrected chi connectivity index (χ3v) is 5.39. The number of carbonyl (C=O) groups excluding carboxylic acids is 1. The van der Waals surface area contributed by atoms with Gasteiger partial charge in [-0.2, -0.15) is 0 Å². The van der Waals surface area contributed by atoms with Gasteiger partial charge in [0.15, 0.2) is 0 Å². The number of rotatable bonds is 9. The molecule has 2 unspecified atom stereocenters. The average molecular weight is 375 g/mol. The lowest BCUT2D eigenvalue weighted by Gasteiger charge is -2.30. The van der Waals surface area contributed by atoms with Crippen LogP contribution in [0, 0.1) is 24.7 Å². The van der Waals surface area contributed by atoms with Gasteiger partial charge in [-0.3, -0.25) is 4.79 Å². The first-order valence-electron chi connectivity index (χ1n) is 10.4. The third-order valence-electron chi connectivity index (χ3n) is 5.39. The number of hydrogen-bond donors (Lipinski definition) is 0. The fourth-order valence-electron chi connectivity index (χ4n) is 4.38. The van der Waals surface area contributed by atoms with Crippen LogP contribution < -0.4 is 0 Å². The normalized spacial score (nSPS) is 20.6. The summed E-state index contributed by atoms with van der Waals surface area (Å²) in [6.45, 7) is 16.2. The van der Waals surface area contributed by atoms with Crippen molar-refractivity contribution in [3.63, 3.8) is 0 Å². The first kappa shape index (κ1) is 21.9. The molecule has 2 atom stereocenters. The Labute approximate surface area is 165 Å². The molecule has 1 aliphatic rings. The number of ether oxygens (including phenoxy) is 1. The molecule has 1 aromatic rings. The van der Waals surface area contributed by atoms with Gasteiger partial charge in [-0.15, -0.1) is 0 Å². The number of methoxy groups -OCH3 is 1. The molecule has 1 heterocycles. The summed E-state index contributed by atoms with van der Waals surface area (Å²) in [5, 5.41) is 0. The minimum atomic E-state index is 0.108. The maximum absolute atomic E-state index is 12.6. The fraction of sp³-hybridized carbons (Fsp3) is 0.696. The van der Waals surface area contributed by atoms with Gasteiger partial charge < -0.3 is 14.5 Å². The Morgan fingerprint density at radius 2 is 1.89 bits per heavy atom. The van der Waals surface area contributed by atoms with Crippen LogP contribution in [0.25, 0.3) is 0 Å². The van der Waals surface area contributed by atoms with E-state index in [0.29, 0.717) is 23.7 Å². The summed E-state index contributed by atoms with van der Waals surface area (Å²) >= 11 is 0. The molecule has 0 bridgehead atoms. The Balaban J connectivity index is 2.22. The van der Waals surface area contributed by atoms with E-state index < -0.39 is 0 Å². The average Bonchev–Trinajstić information content (AvgIpc) is 2.95. The number of likely N-dealkylation sites (tertiary alicyclic amines) is 1. The number of hydrogen-bond acceptors (Lipinski definition) is 3. The van der Waals surface area contributed by atoms with Crippen molar-refractivity contribution in [1.29, 1.82) is 0 Å². The molecule has 1 aromatic carbocycles. The zero-order chi connectivity index (χ0) is 20.0. The van der Waals surface area contributed by atoms with Crippen LogP contribution >= 0.6 is 0 Å². The van der Waals surface area contributed by atoms with Gasteiger partial charge in [-0.25, -0.2) is 0 Å². The molecule has 0 aliphatic carbocycles. The topological polar surface area (TPSA) is 32.8 Å². The van der Waals surface area contributed by atoms with Crippen molar-refractivity contribution in [2.45, 2.75) is 40.5 Å². The van der Waals surface area contributed by atoms with Crippen molar-refractivity contribution in [3.8, 4) is 0 Å². The summed E-state index contributed by atoms with van der Waals surface area (Å²) in [6, 6.07) is 8.74. The highest BCUT2D eigenvalue weighted by Crippen LogP contribution is 2.35. The van der Waals surface area contributed by atoms with Gasteiger partial charge in [-0.05, 0) is 35.8 Å². The lowest BCUT2D eigenvalue weighted by Crippen LogP contribution is -2.41. The predicted octanol–water partition coefficient (Wildman–Crippen LogP) is 3.80. The summed E-state index contributed by atoms with van der Waals surface area (Å²) in [7, 11) is 1.60. The quantitative estimate of drug-likeness (QED) is 0.659. The van der Waals surface area contributed by atoms with Gasteiger partial charge in [0.1, 0.15) is 6.61 Å². The van der Waals surface area contributed by atoms with Crippen LogP contribution in [0.2, 0.25) is 0 Å². The first-order chi connectivity index (χ1) is 12.8. The number of carbonyl (C=O) groups is 1. The maximum Gasteiger partial charge on any atom is 0.248 e. The van der Waals surface area contributed by atoms with Crippen molar-refractivity contribution >= 4 is 5.91 Å². The largest absolute Gasteiger partial charge is 0.375 e. The highest BCUT2D eigenvalue weighted by atomic mass is 16.5. The highest BCUT2D eigenvalue weighted by molar-refractivity contribution is 5.77. The maximum atomic E-state index is 12.6. The van der Waals surface area contributed by atoms with E-state index in [1.165, 1.54) is 11.1 Å². The Morgan fingerprint density at radius 3 is 2.48 bits per heavy atom. The Morgan fingerprint density at radius 1 is 1.19 bits per heavy atom. The minimum absolute atomic E-state index is 0.108. The molecule has 0 N–H and O–H groups in total.